The number of nitrogens with zero attached hydrogens (tertiary/aromatic N) is 3. The predicted molar refractivity (Wildman–Crippen MR) is 91.9 cm³/mol. The molecule has 0 saturated carbocycles. The van der Waals surface area contributed by atoms with E-state index in [-0.39, 0.29) is 17.0 Å². The van der Waals surface area contributed by atoms with Crippen molar-refractivity contribution in [1.82, 2.24) is 19.4 Å². The molecule has 24 heavy (non-hydrogen) atoms. The zero-order valence-electron chi connectivity index (χ0n) is 14.3. The number of fused-ring (bicyclic) bond motifs is 1. The highest BCUT2D eigenvalue weighted by Crippen LogP contribution is 2.19. The highest BCUT2D eigenvalue weighted by molar-refractivity contribution is 5.94. The molecule has 3 rings (SSSR count). The van der Waals surface area contributed by atoms with Crippen molar-refractivity contribution >= 4 is 5.91 Å². The van der Waals surface area contributed by atoms with Crippen LogP contribution < -0.4 is 5.56 Å². The Labute approximate surface area is 141 Å². The normalized spacial score (nSPS) is 13.6. The number of carbonyl (C=O) groups excluding carboxylic acids is 1. The van der Waals surface area contributed by atoms with Gasteiger partial charge in [0.15, 0.2) is 0 Å². The summed E-state index contributed by atoms with van der Waals surface area (Å²) >= 11 is 0. The van der Waals surface area contributed by atoms with Crippen LogP contribution in [0.3, 0.4) is 0 Å². The van der Waals surface area contributed by atoms with Crippen LogP contribution in [-0.2, 0) is 26.4 Å². The fourth-order valence-corrected chi connectivity index (χ4v) is 3.25. The first-order valence-corrected chi connectivity index (χ1v) is 8.60. The number of H-pyrrole nitrogens is 1. The van der Waals surface area contributed by atoms with Crippen LogP contribution in [0.5, 0.6) is 0 Å². The summed E-state index contributed by atoms with van der Waals surface area (Å²) in [7, 11) is 1.91. The van der Waals surface area contributed by atoms with Crippen molar-refractivity contribution < 1.29 is 4.79 Å². The van der Waals surface area contributed by atoms with Gasteiger partial charge in [-0.05, 0) is 43.7 Å². The van der Waals surface area contributed by atoms with Gasteiger partial charge in [0.25, 0.3) is 11.5 Å². The van der Waals surface area contributed by atoms with E-state index in [9.17, 15) is 9.59 Å². The van der Waals surface area contributed by atoms with Gasteiger partial charge in [0.05, 0.1) is 6.54 Å². The number of carbonyl (C=O) groups is 1. The Hall–Kier alpha value is -2.37. The predicted octanol–water partition coefficient (Wildman–Crippen LogP) is 2.04. The van der Waals surface area contributed by atoms with Gasteiger partial charge >= 0.3 is 0 Å². The number of nitrogens with one attached hydrogen (secondary N) is 1. The van der Waals surface area contributed by atoms with E-state index < -0.39 is 0 Å². The minimum Gasteiger partial charge on any atom is -0.337 e. The summed E-state index contributed by atoms with van der Waals surface area (Å²) in [6, 6.07) is 1.80. The molecular formula is C18H24N4O2. The Bertz CT molecular complexity index is 791. The van der Waals surface area contributed by atoms with Crippen molar-refractivity contribution in [2.75, 3.05) is 6.54 Å². The molecule has 2 heterocycles. The number of aromatic nitrogens is 3. The van der Waals surface area contributed by atoms with Gasteiger partial charge in [0.1, 0.15) is 11.4 Å². The molecule has 1 aliphatic rings. The van der Waals surface area contributed by atoms with E-state index in [1.807, 2.05) is 24.7 Å². The summed E-state index contributed by atoms with van der Waals surface area (Å²) in [5.74, 6) is 0.598. The number of amides is 1. The maximum absolute atomic E-state index is 12.9. The van der Waals surface area contributed by atoms with Crippen molar-refractivity contribution in [2.45, 2.75) is 45.6 Å². The second-order valence-electron chi connectivity index (χ2n) is 6.40. The molecule has 6 nitrogen and oxygen atoms in total. The van der Waals surface area contributed by atoms with Gasteiger partial charge in [-0.3, -0.25) is 9.59 Å². The van der Waals surface area contributed by atoms with Crippen molar-refractivity contribution in [3.8, 4) is 0 Å². The van der Waals surface area contributed by atoms with Crippen LogP contribution in [0.25, 0.3) is 0 Å². The average Bonchev–Trinajstić information content (AvgIpc) is 2.98. The monoisotopic (exact) mass is 328 g/mol. The van der Waals surface area contributed by atoms with Crippen LogP contribution in [0.1, 0.15) is 53.6 Å². The fraction of sp³-hybridized carbons (Fsp3) is 0.500. The maximum Gasteiger partial charge on any atom is 0.261 e. The Kier molecular flexibility index (Phi) is 4.83. The first-order valence-electron chi connectivity index (χ1n) is 8.60. The van der Waals surface area contributed by atoms with E-state index in [1.165, 1.54) is 0 Å². The van der Waals surface area contributed by atoms with Gasteiger partial charge in [-0.15, -0.1) is 0 Å². The quantitative estimate of drug-likeness (QED) is 0.913. The van der Waals surface area contributed by atoms with Gasteiger partial charge in [-0.25, -0.2) is 4.98 Å². The maximum atomic E-state index is 12.9. The summed E-state index contributed by atoms with van der Waals surface area (Å²) in [5.41, 5.74) is 2.08. The molecule has 0 aromatic carbocycles. The number of aryl methyl sites for hydroxylation is 3. The summed E-state index contributed by atoms with van der Waals surface area (Å²) < 4.78 is 1.90. The molecule has 0 bridgehead atoms. The van der Waals surface area contributed by atoms with Crippen molar-refractivity contribution in [2.24, 2.45) is 7.05 Å². The molecule has 0 radical (unpaired) electrons. The molecule has 0 atom stereocenters. The third-order valence-corrected chi connectivity index (χ3v) is 4.60. The van der Waals surface area contributed by atoms with Crippen molar-refractivity contribution in [3.05, 3.63) is 51.5 Å². The Morgan fingerprint density at radius 3 is 2.88 bits per heavy atom. The Balaban J connectivity index is 1.90. The molecule has 0 spiro atoms. The summed E-state index contributed by atoms with van der Waals surface area (Å²) in [4.78, 5) is 34.3. The smallest absolute Gasteiger partial charge is 0.261 e. The van der Waals surface area contributed by atoms with E-state index in [0.29, 0.717) is 13.1 Å². The van der Waals surface area contributed by atoms with Gasteiger partial charge in [0, 0.05) is 31.7 Å². The number of imidazole rings is 1. The van der Waals surface area contributed by atoms with Gasteiger partial charge in [-0.1, -0.05) is 6.92 Å². The van der Waals surface area contributed by atoms with E-state index in [4.69, 9.17) is 0 Å². The summed E-state index contributed by atoms with van der Waals surface area (Å²) in [5, 5.41) is 0. The van der Waals surface area contributed by atoms with E-state index in [2.05, 4.69) is 9.97 Å². The number of aromatic amines is 1. The molecule has 6 heteroatoms. The third kappa shape index (κ3) is 3.27. The zero-order chi connectivity index (χ0) is 17.1. The first-order chi connectivity index (χ1) is 11.6. The first kappa shape index (κ1) is 16.5. The van der Waals surface area contributed by atoms with Gasteiger partial charge in [-0.2, -0.15) is 0 Å². The second kappa shape index (κ2) is 7.03. The van der Waals surface area contributed by atoms with Crippen molar-refractivity contribution in [1.29, 1.82) is 0 Å². The molecule has 2 aromatic rings. The molecule has 1 aliphatic carbocycles. The fourth-order valence-electron chi connectivity index (χ4n) is 3.25. The molecule has 0 unspecified atom stereocenters. The van der Waals surface area contributed by atoms with Crippen LogP contribution in [0.4, 0.5) is 0 Å². The SMILES string of the molecule is CCCN(Cc1nccn1C)C(=O)c1cc2c([nH]c1=O)CCCC2. The van der Waals surface area contributed by atoms with E-state index in [1.54, 1.807) is 17.2 Å². The molecule has 0 saturated heterocycles. The molecule has 128 valence electrons. The molecule has 0 aliphatic heterocycles. The van der Waals surface area contributed by atoms with Crippen LogP contribution >= 0.6 is 0 Å². The lowest BCUT2D eigenvalue weighted by molar-refractivity contribution is 0.0735. The lowest BCUT2D eigenvalue weighted by atomic mass is 9.95. The molecular weight excluding hydrogens is 304 g/mol. The Morgan fingerprint density at radius 2 is 2.17 bits per heavy atom. The minimum absolute atomic E-state index is 0.213. The van der Waals surface area contributed by atoms with E-state index in [0.717, 1.165) is 49.2 Å². The minimum atomic E-state index is -0.276. The molecule has 2 aromatic heterocycles. The highest BCUT2D eigenvalue weighted by atomic mass is 16.2. The second-order valence-corrected chi connectivity index (χ2v) is 6.40. The molecule has 1 amide bonds. The number of hydrogen-bond donors (Lipinski definition) is 1. The van der Waals surface area contributed by atoms with Gasteiger partial charge in [0.2, 0.25) is 0 Å². The van der Waals surface area contributed by atoms with Crippen LogP contribution in [-0.4, -0.2) is 31.9 Å². The molecule has 1 N–H and O–H groups in total. The number of hydrogen-bond acceptors (Lipinski definition) is 3. The summed E-state index contributed by atoms with van der Waals surface area (Å²) in [6.07, 6.45) is 8.44. The van der Waals surface area contributed by atoms with Crippen LogP contribution in [0.15, 0.2) is 23.3 Å². The van der Waals surface area contributed by atoms with Crippen molar-refractivity contribution in [3.63, 3.8) is 0 Å². The zero-order valence-corrected chi connectivity index (χ0v) is 14.3. The van der Waals surface area contributed by atoms with Crippen LogP contribution in [0, 0.1) is 0 Å². The lowest BCUT2D eigenvalue weighted by Gasteiger charge is -2.23. The average molecular weight is 328 g/mol. The highest BCUT2D eigenvalue weighted by Gasteiger charge is 2.22. The molecule has 0 fully saturated rings. The largest absolute Gasteiger partial charge is 0.337 e. The topological polar surface area (TPSA) is 71.0 Å². The number of rotatable bonds is 5. The lowest BCUT2D eigenvalue weighted by Crippen LogP contribution is -2.36. The van der Waals surface area contributed by atoms with Crippen LogP contribution in [0.2, 0.25) is 0 Å². The van der Waals surface area contributed by atoms with E-state index >= 15 is 0 Å². The third-order valence-electron chi connectivity index (χ3n) is 4.60. The Morgan fingerprint density at radius 1 is 1.38 bits per heavy atom. The number of pyridine rings is 1. The van der Waals surface area contributed by atoms with Gasteiger partial charge < -0.3 is 14.5 Å². The summed E-state index contributed by atoms with van der Waals surface area (Å²) in [6.45, 7) is 3.03. The standard InChI is InChI=1S/C18H24N4O2/c1-3-9-22(12-16-19-8-10-21(16)2)18(24)14-11-13-6-4-5-7-15(13)20-17(14)23/h8,10-11H,3-7,9,12H2,1-2H3,(H,20,23).